The van der Waals surface area contributed by atoms with Gasteiger partial charge in [0.25, 0.3) is 0 Å². The number of imidazole rings is 1. The molecule has 0 spiro atoms. The summed E-state index contributed by atoms with van der Waals surface area (Å²) in [6.07, 6.45) is 7.80. The summed E-state index contributed by atoms with van der Waals surface area (Å²) in [5, 5.41) is 0. The van der Waals surface area contributed by atoms with Gasteiger partial charge in [0.15, 0.2) is 0 Å². The van der Waals surface area contributed by atoms with Crippen molar-refractivity contribution in [3.8, 4) is 0 Å². The maximum Gasteiger partial charge on any atom is 0.0948 e. The first-order chi connectivity index (χ1) is 5.38. The van der Waals surface area contributed by atoms with Crippen molar-refractivity contribution < 1.29 is 0 Å². The van der Waals surface area contributed by atoms with Gasteiger partial charge in [-0.3, -0.25) is 0 Å². The number of aromatic nitrogens is 2. The van der Waals surface area contributed by atoms with Gasteiger partial charge in [-0.2, -0.15) is 0 Å². The molecule has 1 atom stereocenters. The average molecular weight is 153 g/mol. The van der Waals surface area contributed by atoms with Crippen LogP contribution >= 0.6 is 0 Å². The van der Waals surface area contributed by atoms with Crippen molar-refractivity contribution in [1.82, 2.24) is 9.55 Å². The number of hydrogen-bond acceptors (Lipinski definition) is 2. The van der Waals surface area contributed by atoms with Crippen LogP contribution in [-0.4, -0.2) is 16.1 Å². The van der Waals surface area contributed by atoms with Gasteiger partial charge >= 0.3 is 0 Å². The summed E-state index contributed by atoms with van der Waals surface area (Å²) in [4.78, 5) is 4.00. The van der Waals surface area contributed by atoms with Crippen LogP contribution in [0, 0.1) is 0 Å². The minimum atomic E-state index is 0.530. The van der Waals surface area contributed by atoms with E-state index in [-0.39, 0.29) is 0 Å². The van der Waals surface area contributed by atoms with Crippen LogP contribution in [0.15, 0.2) is 18.7 Å². The quantitative estimate of drug-likeness (QED) is 0.706. The van der Waals surface area contributed by atoms with Gasteiger partial charge in [0.05, 0.1) is 6.33 Å². The van der Waals surface area contributed by atoms with E-state index in [1.54, 1.807) is 6.20 Å². The van der Waals surface area contributed by atoms with Crippen molar-refractivity contribution in [2.75, 3.05) is 6.54 Å². The topological polar surface area (TPSA) is 43.8 Å². The molecule has 62 valence electrons. The highest BCUT2D eigenvalue weighted by Gasteiger charge is 2.04. The zero-order valence-electron chi connectivity index (χ0n) is 6.90. The zero-order chi connectivity index (χ0) is 8.10. The van der Waals surface area contributed by atoms with Gasteiger partial charge in [0, 0.05) is 18.4 Å². The molecule has 0 saturated carbocycles. The fraction of sp³-hybridized carbons (Fsp3) is 0.625. The molecule has 0 bridgehead atoms. The number of nitrogens with zero attached hydrogens (tertiary/aromatic N) is 2. The maximum absolute atomic E-state index is 5.48. The second-order valence-corrected chi connectivity index (χ2v) is 2.65. The van der Waals surface area contributed by atoms with Crippen LogP contribution in [0.1, 0.15) is 25.8 Å². The van der Waals surface area contributed by atoms with E-state index in [1.807, 2.05) is 12.5 Å². The van der Waals surface area contributed by atoms with E-state index in [9.17, 15) is 0 Å². The van der Waals surface area contributed by atoms with Crippen LogP contribution in [0.25, 0.3) is 0 Å². The molecule has 3 heteroatoms. The molecular formula is C8H15N3. The Bertz CT molecular complexity index is 181. The van der Waals surface area contributed by atoms with Crippen molar-refractivity contribution >= 4 is 0 Å². The van der Waals surface area contributed by atoms with Gasteiger partial charge in [0.1, 0.15) is 0 Å². The smallest absolute Gasteiger partial charge is 0.0948 e. The van der Waals surface area contributed by atoms with E-state index >= 15 is 0 Å². The van der Waals surface area contributed by atoms with E-state index < -0.39 is 0 Å². The second kappa shape index (κ2) is 4.13. The molecule has 1 heterocycles. The average Bonchev–Trinajstić information content (AvgIpc) is 2.52. The molecule has 2 N–H and O–H groups in total. The Hall–Kier alpha value is -0.830. The lowest BCUT2D eigenvalue weighted by Gasteiger charge is -2.14. The summed E-state index contributed by atoms with van der Waals surface area (Å²) < 4.78 is 2.12. The lowest BCUT2D eigenvalue weighted by Crippen LogP contribution is -2.11. The summed E-state index contributed by atoms with van der Waals surface area (Å²) in [6, 6.07) is 0.530. The van der Waals surface area contributed by atoms with Crippen molar-refractivity contribution in [2.45, 2.75) is 25.8 Å². The van der Waals surface area contributed by atoms with Gasteiger partial charge in [-0.1, -0.05) is 6.92 Å². The van der Waals surface area contributed by atoms with Crippen molar-refractivity contribution in [1.29, 1.82) is 0 Å². The predicted octanol–water partition coefficient (Wildman–Crippen LogP) is 1.18. The van der Waals surface area contributed by atoms with Crippen molar-refractivity contribution in [2.24, 2.45) is 5.73 Å². The fourth-order valence-electron chi connectivity index (χ4n) is 1.24. The first kappa shape index (κ1) is 8.27. The highest BCUT2D eigenvalue weighted by Crippen LogP contribution is 2.13. The minimum Gasteiger partial charge on any atom is -0.334 e. The van der Waals surface area contributed by atoms with E-state index in [1.165, 1.54) is 0 Å². The molecule has 11 heavy (non-hydrogen) atoms. The van der Waals surface area contributed by atoms with E-state index in [2.05, 4.69) is 16.5 Å². The number of nitrogens with two attached hydrogens (primary N) is 1. The Balaban J connectivity index is 2.56. The fourth-order valence-corrected chi connectivity index (χ4v) is 1.24. The summed E-state index contributed by atoms with van der Waals surface area (Å²) in [5.41, 5.74) is 5.48. The monoisotopic (exact) mass is 153 g/mol. The van der Waals surface area contributed by atoms with Gasteiger partial charge in [-0.25, -0.2) is 4.98 Å². The number of hydrogen-bond donors (Lipinski definition) is 1. The standard InChI is InChI=1S/C8H15N3/c1-2-8(3-4-9)11-6-5-10-7-11/h5-8H,2-4,9H2,1H3. The van der Waals surface area contributed by atoms with Crippen LogP contribution in [0.3, 0.4) is 0 Å². The van der Waals surface area contributed by atoms with Crippen LogP contribution in [0.2, 0.25) is 0 Å². The molecule has 1 rings (SSSR count). The highest BCUT2D eigenvalue weighted by atomic mass is 15.0. The second-order valence-electron chi connectivity index (χ2n) is 2.65. The van der Waals surface area contributed by atoms with E-state index in [0.717, 1.165) is 19.4 Å². The summed E-state index contributed by atoms with van der Waals surface area (Å²) in [5.74, 6) is 0. The third kappa shape index (κ3) is 2.05. The molecule has 0 radical (unpaired) electrons. The molecule has 1 aromatic rings. The Morgan fingerprint density at radius 2 is 2.45 bits per heavy atom. The van der Waals surface area contributed by atoms with Gasteiger partial charge in [-0.05, 0) is 19.4 Å². The number of rotatable bonds is 4. The Morgan fingerprint density at radius 3 is 2.91 bits per heavy atom. The molecule has 3 nitrogen and oxygen atoms in total. The zero-order valence-corrected chi connectivity index (χ0v) is 6.90. The predicted molar refractivity (Wildman–Crippen MR) is 45.2 cm³/mol. The molecule has 1 aromatic heterocycles. The lowest BCUT2D eigenvalue weighted by molar-refractivity contribution is 0.458. The Morgan fingerprint density at radius 1 is 1.64 bits per heavy atom. The van der Waals surface area contributed by atoms with Crippen LogP contribution in [0.4, 0.5) is 0 Å². The first-order valence-corrected chi connectivity index (χ1v) is 4.06. The highest BCUT2D eigenvalue weighted by molar-refractivity contribution is 4.79. The third-order valence-corrected chi connectivity index (χ3v) is 1.92. The Kier molecular flexibility index (Phi) is 3.11. The molecule has 0 saturated heterocycles. The van der Waals surface area contributed by atoms with Crippen LogP contribution < -0.4 is 5.73 Å². The molecule has 0 aliphatic rings. The summed E-state index contributed by atoms with van der Waals surface area (Å²) >= 11 is 0. The molecule has 0 aliphatic carbocycles. The molecule has 0 amide bonds. The molecule has 1 unspecified atom stereocenters. The molecule has 0 aliphatic heterocycles. The minimum absolute atomic E-state index is 0.530. The van der Waals surface area contributed by atoms with E-state index in [0.29, 0.717) is 6.04 Å². The molecule has 0 fully saturated rings. The third-order valence-electron chi connectivity index (χ3n) is 1.92. The normalized spacial score (nSPS) is 13.3. The van der Waals surface area contributed by atoms with Gasteiger partial charge in [0.2, 0.25) is 0 Å². The SMILES string of the molecule is CCC(CCN)n1ccnc1. The first-order valence-electron chi connectivity index (χ1n) is 4.06. The molecule has 0 aromatic carbocycles. The van der Waals surface area contributed by atoms with Crippen LogP contribution in [-0.2, 0) is 0 Å². The van der Waals surface area contributed by atoms with Gasteiger partial charge in [-0.15, -0.1) is 0 Å². The Labute approximate surface area is 67.2 Å². The van der Waals surface area contributed by atoms with Crippen molar-refractivity contribution in [3.63, 3.8) is 0 Å². The van der Waals surface area contributed by atoms with Crippen molar-refractivity contribution in [3.05, 3.63) is 18.7 Å². The lowest BCUT2D eigenvalue weighted by atomic mass is 10.1. The summed E-state index contributed by atoms with van der Waals surface area (Å²) in [7, 11) is 0. The summed E-state index contributed by atoms with van der Waals surface area (Å²) in [6.45, 7) is 2.91. The molecular weight excluding hydrogens is 138 g/mol. The van der Waals surface area contributed by atoms with E-state index in [4.69, 9.17) is 5.73 Å². The van der Waals surface area contributed by atoms with Crippen LogP contribution in [0.5, 0.6) is 0 Å². The largest absolute Gasteiger partial charge is 0.334 e. The van der Waals surface area contributed by atoms with Gasteiger partial charge < -0.3 is 10.3 Å². The maximum atomic E-state index is 5.48.